The molecule has 1 aromatic rings. The van der Waals surface area contributed by atoms with Gasteiger partial charge >= 0.3 is 0 Å². The van der Waals surface area contributed by atoms with Crippen LogP contribution in [0.3, 0.4) is 0 Å². The molecular formula is C10H13O. The molecule has 0 aliphatic rings. The third kappa shape index (κ3) is 1.97. The van der Waals surface area contributed by atoms with Gasteiger partial charge in [-0.1, -0.05) is 26.0 Å². The van der Waals surface area contributed by atoms with Gasteiger partial charge in [-0.25, -0.2) is 0 Å². The fourth-order valence-electron chi connectivity index (χ4n) is 0.970. The summed E-state index contributed by atoms with van der Waals surface area (Å²) >= 11 is 0. The second kappa shape index (κ2) is 3.42. The predicted molar refractivity (Wildman–Crippen MR) is 46.5 cm³/mol. The molecule has 1 atom stereocenters. The second-order valence-corrected chi connectivity index (χ2v) is 2.78. The fourth-order valence-corrected chi connectivity index (χ4v) is 0.970. The summed E-state index contributed by atoms with van der Waals surface area (Å²) in [5.41, 5.74) is 1.23. The maximum atomic E-state index is 9.00. The summed E-state index contributed by atoms with van der Waals surface area (Å²) in [6.45, 7) is 5.95. The Balaban J connectivity index is 2.81. The van der Waals surface area contributed by atoms with E-state index in [0.29, 0.717) is 11.7 Å². The molecule has 11 heavy (non-hydrogen) atoms. The Hall–Kier alpha value is -0.980. The molecule has 0 bridgehead atoms. The van der Waals surface area contributed by atoms with Gasteiger partial charge in [0, 0.05) is 0 Å². The van der Waals surface area contributed by atoms with E-state index in [0.717, 1.165) is 6.42 Å². The first-order chi connectivity index (χ1) is 5.24. The number of benzene rings is 1. The minimum Gasteiger partial charge on any atom is -0.508 e. The Morgan fingerprint density at radius 2 is 1.91 bits per heavy atom. The van der Waals surface area contributed by atoms with Gasteiger partial charge in [-0.3, -0.25) is 0 Å². The molecular weight excluding hydrogens is 136 g/mol. The number of aromatic hydroxyl groups is 1. The van der Waals surface area contributed by atoms with E-state index < -0.39 is 0 Å². The molecule has 59 valence electrons. The van der Waals surface area contributed by atoms with E-state index in [4.69, 9.17) is 5.11 Å². The molecule has 1 rings (SSSR count). The quantitative estimate of drug-likeness (QED) is 0.685. The zero-order valence-electron chi connectivity index (χ0n) is 6.75. The maximum absolute atomic E-state index is 9.00. The third-order valence-electron chi connectivity index (χ3n) is 1.90. The van der Waals surface area contributed by atoms with E-state index in [2.05, 4.69) is 13.8 Å². The lowest BCUT2D eigenvalue weighted by atomic mass is 9.99. The number of phenolic OH excluding ortho intramolecular Hbond substituents is 1. The SMILES string of the molecule is [CH2]CC(C)c1ccc(O)cc1. The zero-order chi connectivity index (χ0) is 8.27. The van der Waals surface area contributed by atoms with E-state index in [1.807, 2.05) is 12.1 Å². The number of rotatable bonds is 2. The van der Waals surface area contributed by atoms with Gasteiger partial charge in [-0.15, -0.1) is 0 Å². The van der Waals surface area contributed by atoms with Crippen molar-refractivity contribution in [3.8, 4) is 5.75 Å². The standard InChI is InChI=1S/C10H13O/c1-3-8(2)9-4-6-10(11)7-5-9/h4-8,11H,1,3H2,2H3. The summed E-state index contributed by atoms with van der Waals surface area (Å²) in [4.78, 5) is 0. The maximum Gasteiger partial charge on any atom is 0.115 e. The molecule has 1 nitrogen and oxygen atoms in total. The average Bonchev–Trinajstić information content (AvgIpc) is 2.05. The fraction of sp³-hybridized carbons (Fsp3) is 0.300. The van der Waals surface area contributed by atoms with Crippen molar-refractivity contribution in [3.63, 3.8) is 0 Å². The van der Waals surface area contributed by atoms with Crippen LogP contribution in [0.25, 0.3) is 0 Å². The van der Waals surface area contributed by atoms with Crippen LogP contribution in [0.5, 0.6) is 5.75 Å². The monoisotopic (exact) mass is 149 g/mol. The lowest BCUT2D eigenvalue weighted by Gasteiger charge is -2.07. The molecule has 1 unspecified atom stereocenters. The van der Waals surface area contributed by atoms with Gasteiger partial charge in [0.25, 0.3) is 0 Å². The normalized spacial score (nSPS) is 12.9. The van der Waals surface area contributed by atoms with E-state index in [9.17, 15) is 0 Å². The first kappa shape index (κ1) is 8.12. The summed E-state index contributed by atoms with van der Waals surface area (Å²) in [6, 6.07) is 7.29. The highest BCUT2D eigenvalue weighted by molar-refractivity contribution is 5.27. The van der Waals surface area contributed by atoms with Gasteiger partial charge in [0.2, 0.25) is 0 Å². The van der Waals surface area contributed by atoms with Crippen molar-refractivity contribution in [2.75, 3.05) is 0 Å². The van der Waals surface area contributed by atoms with E-state index in [-0.39, 0.29) is 0 Å². The van der Waals surface area contributed by atoms with Crippen LogP contribution >= 0.6 is 0 Å². The van der Waals surface area contributed by atoms with E-state index >= 15 is 0 Å². The molecule has 0 fully saturated rings. The Bertz CT molecular complexity index is 213. The molecule has 1 N–H and O–H groups in total. The second-order valence-electron chi connectivity index (χ2n) is 2.78. The minimum atomic E-state index is 0.324. The molecule has 0 aliphatic carbocycles. The molecule has 1 aromatic carbocycles. The van der Waals surface area contributed by atoms with Crippen LogP contribution in [0.1, 0.15) is 24.8 Å². The van der Waals surface area contributed by atoms with Crippen molar-refractivity contribution < 1.29 is 5.11 Å². The smallest absolute Gasteiger partial charge is 0.115 e. The van der Waals surface area contributed by atoms with Gasteiger partial charge in [0.15, 0.2) is 0 Å². The van der Waals surface area contributed by atoms with E-state index in [1.54, 1.807) is 12.1 Å². The molecule has 0 spiro atoms. The predicted octanol–water partition coefficient (Wildman–Crippen LogP) is 2.72. The van der Waals surface area contributed by atoms with Crippen LogP contribution in [0.15, 0.2) is 24.3 Å². The van der Waals surface area contributed by atoms with E-state index in [1.165, 1.54) is 5.56 Å². The number of hydrogen-bond donors (Lipinski definition) is 1. The van der Waals surface area contributed by atoms with Gasteiger partial charge in [-0.05, 0) is 30.0 Å². The highest BCUT2D eigenvalue weighted by atomic mass is 16.3. The van der Waals surface area contributed by atoms with Crippen molar-refractivity contribution in [2.45, 2.75) is 19.3 Å². The summed E-state index contributed by atoms with van der Waals surface area (Å²) in [6.07, 6.45) is 0.894. The summed E-state index contributed by atoms with van der Waals surface area (Å²) < 4.78 is 0. The van der Waals surface area contributed by atoms with Crippen LogP contribution < -0.4 is 0 Å². The first-order valence-electron chi connectivity index (χ1n) is 3.82. The zero-order valence-corrected chi connectivity index (χ0v) is 6.75. The Labute approximate surface area is 67.7 Å². The molecule has 0 heterocycles. The molecule has 1 heteroatoms. The largest absolute Gasteiger partial charge is 0.508 e. The molecule has 0 saturated carbocycles. The van der Waals surface area contributed by atoms with Crippen LogP contribution in [-0.2, 0) is 0 Å². The van der Waals surface area contributed by atoms with Gasteiger partial charge in [0.1, 0.15) is 5.75 Å². The average molecular weight is 149 g/mol. The first-order valence-corrected chi connectivity index (χ1v) is 3.82. The van der Waals surface area contributed by atoms with Crippen molar-refractivity contribution >= 4 is 0 Å². The van der Waals surface area contributed by atoms with Gasteiger partial charge in [0.05, 0.1) is 0 Å². The van der Waals surface area contributed by atoms with Crippen molar-refractivity contribution in [1.82, 2.24) is 0 Å². The van der Waals surface area contributed by atoms with Crippen molar-refractivity contribution in [1.29, 1.82) is 0 Å². The summed E-state index contributed by atoms with van der Waals surface area (Å²) in [5.74, 6) is 0.806. The Kier molecular flexibility index (Phi) is 2.53. The van der Waals surface area contributed by atoms with Crippen molar-refractivity contribution in [2.24, 2.45) is 0 Å². The molecule has 0 aromatic heterocycles. The number of phenols is 1. The summed E-state index contributed by atoms with van der Waals surface area (Å²) in [7, 11) is 0. The van der Waals surface area contributed by atoms with Crippen LogP contribution in [-0.4, -0.2) is 5.11 Å². The molecule has 0 amide bonds. The van der Waals surface area contributed by atoms with Crippen LogP contribution in [0.2, 0.25) is 0 Å². The summed E-state index contributed by atoms with van der Waals surface area (Å²) in [5, 5.41) is 9.00. The lowest BCUT2D eigenvalue weighted by molar-refractivity contribution is 0.475. The van der Waals surface area contributed by atoms with Gasteiger partial charge in [-0.2, -0.15) is 0 Å². The van der Waals surface area contributed by atoms with Crippen LogP contribution in [0, 0.1) is 6.92 Å². The molecule has 0 saturated heterocycles. The van der Waals surface area contributed by atoms with Crippen molar-refractivity contribution in [3.05, 3.63) is 36.8 Å². The van der Waals surface area contributed by atoms with Crippen LogP contribution in [0.4, 0.5) is 0 Å². The van der Waals surface area contributed by atoms with Gasteiger partial charge < -0.3 is 5.11 Å². The molecule has 0 aliphatic heterocycles. The third-order valence-corrected chi connectivity index (χ3v) is 1.90. The highest BCUT2D eigenvalue weighted by Crippen LogP contribution is 2.20. The number of hydrogen-bond acceptors (Lipinski definition) is 1. The highest BCUT2D eigenvalue weighted by Gasteiger charge is 2.00. The Morgan fingerprint density at radius 3 is 2.36 bits per heavy atom. The lowest BCUT2D eigenvalue weighted by Crippen LogP contribution is -1.89. The topological polar surface area (TPSA) is 20.2 Å². The Morgan fingerprint density at radius 1 is 1.36 bits per heavy atom. The minimum absolute atomic E-state index is 0.324. The molecule has 1 radical (unpaired) electrons.